The molecular weight excluding hydrogens is 350 g/mol. The van der Waals surface area contributed by atoms with E-state index in [0.29, 0.717) is 29.0 Å². The van der Waals surface area contributed by atoms with Crippen LogP contribution in [0.25, 0.3) is 0 Å². The van der Waals surface area contributed by atoms with Crippen molar-refractivity contribution in [2.45, 2.75) is 6.54 Å². The molecule has 1 saturated heterocycles. The molecule has 26 heavy (non-hydrogen) atoms. The number of amides is 1. The summed E-state index contributed by atoms with van der Waals surface area (Å²) in [7, 11) is 3.18. The first-order valence-electron chi connectivity index (χ1n) is 8.01. The topological polar surface area (TPSA) is 63.5 Å². The lowest BCUT2D eigenvalue weighted by molar-refractivity contribution is -0.124. The van der Waals surface area contributed by atoms with E-state index < -0.39 is 0 Å². The number of benzene rings is 2. The Bertz CT molecular complexity index is 837. The molecule has 6 nitrogen and oxygen atoms in total. The lowest BCUT2D eigenvalue weighted by Gasteiger charge is -2.14. The molecule has 0 unspecified atom stereocenters. The van der Waals surface area contributed by atoms with Crippen LogP contribution in [0.2, 0.25) is 0 Å². The molecule has 1 amide bonds. The van der Waals surface area contributed by atoms with E-state index >= 15 is 0 Å². The van der Waals surface area contributed by atoms with Gasteiger partial charge in [0.2, 0.25) is 5.91 Å². The van der Waals surface area contributed by atoms with Gasteiger partial charge in [-0.2, -0.15) is 5.10 Å². The van der Waals surface area contributed by atoms with E-state index in [1.165, 1.54) is 11.8 Å². The summed E-state index contributed by atoms with van der Waals surface area (Å²) < 4.78 is 10.5. The quantitative estimate of drug-likeness (QED) is 0.580. The van der Waals surface area contributed by atoms with Gasteiger partial charge in [-0.15, -0.1) is 5.10 Å². The highest BCUT2D eigenvalue weighted by Gasteiger charge is 2.28. The smallest absolute Gasteiger partial charge is 0.239 e. The summed E-state index contributed by atoms with van der Waals surface area (Å²) in [6, 6.07) is 15.3. The molecule has 2 aromatic carbocycles. The van der Waals surface area contributed by atoms with Crippen molar-refractivity contribution in [2.75, 3.05) is 20.0 Å². The maximum Gasteiger partial charge on any atom is 0.239 e. The van der Waals surface area contributed by atoms with Crippen LogP contribution in [0.4, 0.5) is 0 Å². The Kier molecular flexibility index (Phi) is 5.91. The molecule has 0 bridgehead atoms. The summed E-state index contributed by atoms with van der Waals surface area (Å²) in [6.07, 6.45) is 1.62. The van der Waals surface area contributed by atoms with Crippen molar-refractivity contribution in [3.8, 4) is 11.5 Å². The molecule has 7 heteroatoms. The Hall–Kier alpha value is -2.80. The van der Waals surface area contributed by atoms with Crippen LogP contribution in [0.1, 0.15) is 11.1 Å². The standard InChI is InChI=1S/C19H19N3O3S/c1-24-16-9-8-15(10-17(16)25-2)11-20-21-19-22(18(23)13-26-19)12-14-6-4-3-5-7-14/h3-11H,12-13H2,1-2H3/b20-11-,21-19+. The zero-order valence-electron chi connectivity index (χ0n) is 14.6. The number of hydrogen-bond donors (Lipinski definition) is 0. The summed E-state index contributed by atoms with van der Waals surface area (Å²) in [4.78, 5) is 13.8. The molecule has 134 valence electrons. The number of methoxy groups -OCH3 is 2. The summed E-state index contributed by atoms with van der Waals surface area (Å²) >= 11 is 1.39. The van der Waals surface area contributed by atoms with Crippen LogP contribution in [-0.4, -0.2) is 42.2 Å². The van der Waals surface area contributed by atoms with E-state index in [-0.39, 0.29) is 5.91 Å². The number of carbonyl (C=O) groups excluding carboxylic acids is 1. The predicted octanol–water partition coefficient (Wildman–Crippen LogP) is 3.17. The first-order valence-corrected chi connectivity index (χ1v) is 9.00. The molecule has 1 aliphatic rings. The van der Waals surface area contributed by atoms with Crippen molar-refractivity contribution in [1.29, 1.82) is 0 Å². The van der Waals surface area contributed by atoms with Crippen LogP contribution >= 0.6 is 11.8 Å². The fourth-order valence-corrected chi connectivity index (χ4v) is 3.31. The largest absolute Gasteiger partial charge is 0.493 e. The zero-order valence-corrected chi connectivity index (χ0v) is 15.4. The zero-order chi connectivity index (χ0) is 18.4. The first-order chi connectivity index (χ1) is 12.7. The fourth-order valence-electron chi connectivity index (χ4n) is 2.47. The van der Waals surface area contributed by atoms with Gasteiger partial charge in [-0.1, -0.05) is 42.1 Å². The number of ether oxygens (including phenoxy) is 2. The van der Waals surface area contributed by atoms with E-state index in [0.717, 1.165) is 11.1 Å². The lowest BCUT2D eigenvalue weighted by Crippen LogP contribution is -2.28. The Morgan fingerprint density at radius 3 is 2.62 bits per heavy atom. The van der Waals surface area contributed by atoms with Gasteiger partial charge < -0.3 is 9.47 Å². The molecule has 0 radical (unpaired) electrons. The van der Waals surface area contributed by atoms with Crippen molar-refractivity contribution in [3.63, 3.8) is 0 Å². The Morgan fingerprint density at radius 2 is 1.88 bits per heavy atom. The highest BCUT2D eigenvalue weighted by Crippen LogP contribution is 2.27. The second kappa shape index (κ2) is 8.53. The maximum atomic E-state index is 12.1. The molecule has 2 aromatic rings. The number of carbonyl (C=O) groups is 1. The predicted molar refractivity (Wildman–Crippen MR) is 104 cm³/mol. The van der Waals surface area contributed by atoms with Gasteiger partial charge in [0.25, 0.3) is 0 Å². The summed E-state index contributed by atoms with van der Waals surface area (Å²) in [5, 5.41) is 8.97. The molecule has 0 aliphatic carbocycles. The van der Waals surface area contributed by atoms with Crippen molar-refractivity contribution in [2.24, 2.45) is 10.2 Å². The van der Waals surface area contributed by atoms with Crippen molar-refractivity contribution in [3.05, 3.63) is 59.7 Å². The number of hydrogen-bond acceptors (Lipinski definition) is 6. The van der Waals surface area contributed by atoms with Gasteiger partial charge in [-0.25, -0.2) is 0 Å². The van der Waals surface area contributed by atoms with Crippen LogP contribution in [0.3, 0.4) is 0 Å². The molecule has 1 heterocycles. The van der Waals surface area contributed by atoms with Gasteiger partial charge in [0.05, 0.1) is 32.7 Å². The number of nitrogens with zero attached hydrogens (tertiary/aromatic N) is 3. The van der Waals surface area contributed by atoms with Crippen LogP contribution in [-0.2, 0) is 11.3 Å². The van der Waals surface area contributed by atoms with Gasteiger partial charge in [-0.3, -0.25) is 9.69 Å². The van der Waals surface area contributed by atoms with Crippen molar-refractivity contribution < 1.29 is 14.3 Å². The fraction of sp³-hybridized carbons (Fsp3) is 0.211. The molecule has 1 aliphatic heterocycles. The molecule has 1 fully saturated rings. The van der Waals surface area contributed by atoms with E-state index in [1.54, 1.807) is 25.3 Å². The highest BCUT2D eigenvalue weighted by molar-refractivity contribution is 8.15. The van der Waals surface area contributed by atoms with Crippen LogP contribution < -0.4 is 9.47 Å². The minimum Gasteiger partial charge on any atom is -0.493 e. The highest BCUT2D eigenvalue weighted by atomic mass is 32.2. The van der Waals surface area contributed by atoms with E-state index in [4.69, 9.17) is 9.47 Å². The van der Waals surface area contributed by atoms with Gasteiger partial charge in [0, 0.05) is 0 Å². The van der Waals surface area contributed by atoms with Crippen molar-refractivity contribution >= 4 is 29.1 Å². The summed E-state index contributed by atoms with van der Waals surface area (Å²) in [5.74, 6) is 1.71. The molecule has 0 atom stereocenters. The van der Waals surface area contributed by atoms with Crippen LogP contribution in [0, 0.1) is 0 Å². The summed E-state index contributed by atoms with van der Waals surface area (Å²) in [5.41, 5.74) is 1.89. The molecule has 0 saturated carbocycles. The average Bonchev–Trinajstić information content (AvgIpc) is 3.02. The number of rotatable bonds is 6. The minimum absolute atomic E-state index is 0.0407. The molecule has 0 N–H and O–H groups in total. The van der Waals surface area contributed by atoms with Crippen molar-refractivity contribution in [1.82, 2.24) is 4.90 Å². The van der Waals surface area contributed by atoms with Gasteiger partial charge >= 0.3 is 0 Å². The Labute approximate surface area is 156 Å². The third kappa shape index (κ3) is 4.23. The van der Waals surface area contributed by atoms with Gasteiger partial charge in [0.1, 0.15) is 0 Å². The third-order valence-corrected chi connectivity index (χ3v) is 4.75. The number of amidine groups is 1. The molecule has 3 rings (SSSR count). The van der Waals surface area contributed by atoms with E-state index in [9.17, 15) is 4.79 Å². The normalized spacial score (nSPS) is 15.8. The average molecular weight is 369 g/mol. The number of thioether (sulfide) groups is 1. The minimum atomic E-state index is 0.0407. The lowest BCUT2D eigenvalue weighted by atomic mass is 10.2. The SMILES string of the molecule is COc1ccc(/C=N\N=C2\SCC(=O)N2Cc2ccccc2)cc1OC. The van der Waals surface area contributed by atoms with Gasteiger partial charge in [-0.05, 0) is 29.3 Å². The Morgan fingerprint density at radius 1 is 1.12 bits per heavy atom. The van der Waals surface area contributed by atoms with E-state index in [1.807, 2.05) is 48.5 Å². The molecule has 0 spiro atoms. The van der Waals surface area contributed by atoms with Crippen LogP contribution in [0.15, 0.2) is 58.7 Å². The first kappa shape index (κ1) is 18.0. The summed E-state index contributed by atoms with van der Waals surface area (Å²) in [6.45, 7) is 0.497. The Balaban J connectivity index is 1.74. The third-order valence-electron chi connectivity index (χ3n) is 3.80. The molecular formula is C19H19N3O3S. The maximum absolute atomic E-state index is 12.1. The molecule has 0 aromatic heterocycles. The second-order valence-corrected chi connectivity index (χ2v) is 6.44. The second-order valence-electron chi connectivity index (χ2n) is 5.50. The monoisotopic (exact) mass is 369 g/mol. The van der Waals surface area contributed by atoms with Gasteiger partial charge in [0.15, 0.2) is 16.7 Å². The van der Waals surface area contributed by atoms with Crippen LogP contribution in [0.5, 0.6) is 11.5 Å². The van der Waals surface area contributed by atoms with E-state index in [2.05, 4.69) is 10.2 Å².